The molecular weight excluding hydrogens is 540 g/mol. The maximum Gasteiger partial charge on any atom is 0.469 e. The van der Waals surface area contributed by atoms with Crippen molar-refractivity contribution in [2.45, 2.75) is 18.6 Å². The fourth-order valence-electron chi connectivity index (χ4n) is 4.02. The van der Waals surface area contributed by atoms with Gasteiger partial charge in [-0.25, -0.2) is 9.80 Å². The number of amides is 2. The molecule has 13 heteroatoms. The molecule has 0 bridgehead atoms. The zero-order chi connectivity index (χ0) is 27.2. The van der Waals surface area contributed by atoms with E-state index in [2.05, 4.69) is 20.2 Å². The largest absolute Gasteiger partial charge is 0.469 e. The Morgan fingerprint density at radius 3 is 2.32 bits per heavy atom. The van der Waals surface area contributed by atoms with Crippen LogP contribution in [-0.4, -0.2) is 30.3 Å². The van der Waals surface area contributed by atoms with Gasteiger partial charge in [-0.3, -0.25) is 5.43 Å². The standard InChI is InChI=1S/C25H16ClF6N3O3/c26-15-5-1-13(2-6-15)18-12-35(34-21(18)14-3-8-17(9-4-14)37-22(27)28)23(36)33-16-7-10-20-19(11-16)24(29,30)25(31,32)38-20/h1-11,22,34H,12H2,(H,33,36). The van der Waals surface area contributed by atoms with E-state index in [4.69, 9.17) is 11.6 Å². The van der Waals surface area contributed by atoms with Gasteiger partial charge in [0.05, 0.1) is 17.8 Å². The SMILES string of the molecule is O=C(Nc1ccc2c(c1)C(F)(F)C(F)(F)O2)N1CC(c2ccc(Cl)cc2)=C(c2ccc(OC(F)F)cc2)N1. The number of halogens is 7. The molecule has 2 heterocycles. The number of benzene rings is 3. The molecule has 0 saturated carbocycles. The average molecular weight is 556 g/mol. The van der Waals surface area contributed by atoms with Crippen molar-refractivity contribution in [3.63, 3.8) is 0 Å². The van der Waals surface area contributed by atoms with Crippen LogP contribution in [0.2, 0.25) is 5.02 Å². The van der Waals surface area contributed by atoms with Crippen LogP contribution >= 0.6 is 11.6 Å². The van der Waals surface area contributed by atoms with E-state index in [1.807, 2.05) is 0 Å². The molecule has 2 aliphatic rings. The number of anilines is 1. The van der Waals surface area contributed by atoms with Crippen LogP contribution in [0.3, 0.4) is 0 Å². The molecule has 0 fully saturated rings. The predicted molar refractivity (Wildman–Crippen MR) is 126 cm³/mol. The van der Waals surface area contributed by atoms with Gasteiger partial charge in [0.25, 0.3) is 0 Å². The molecule has 2 aliphatic heterocycles. The summed E-state index contributed by atoms with van der Waals surface area (Å²) in [5.41, 5.74) is 4.02. The lowest BCUT2D eigenvalue weighted by Crippen LogP contribution is -2.40. The fraction of sp³-hybridized carbons (Fsp3) is 0.160. The summed E-state index contributed by atoms with van der Waals surface area (Å²) in [6.45, 7) is -2.99. The predicted octanol–water partition coefficient (Wildman–Crippen LogP) is 6.94. The summed E-state index contributed by atoms with van der Waals surface area (Å²) in [6, 6.07) is 14.4. The highest BCUT2D eigenvalue weighted by atomic mass is 35.5. The van der Waals surface area contributed by atoms with Crippen molar-refractivity contribution in [1.29, 1.82) is 0 Å². The minimum absolute atomic E-state index is 0.000364. The second-order valence-corrected chi connectivity index (χ2v) is 8.73. The van der Waals surface area contributed by atoms with Crippen molar-refractivity contribution >= 4 is 34.6 Å². The smallest absolute Gasteiger partial charge is 0.435 e. The lowest BCUT2D eigenvalue weighted by Gasteiger charge is -2.19. The lowest BCUT2D eigenvalue weighted by molar-refractivity contribution is -0.296. The van der Waals surface area contributed by atoms with Crippen LogP contribution in [0.5, 0.6) is 11.5 Å². The Hall–Kier alpha value is -4.06. The molecule has 198 valence electrons. The number of urea groups is 1. The van der Waals surface area contributed by atoms with Gasteiger partial charge in [0.15, 0.2) is 0 Å². The van der Waals surface area contributed by atoms with Gasteiger partial charge in [-0.05, 0) is 60.2 Å². The van der Waals surface area contributed by atoms with E-state index in [1.54, 1.807) is 24.3 Å². The van der Waals surface area contributed by atoms with Gasteiger partial charge >= 0.3 is 24.7 Å². The molecule has 0 aromatic heterocycles. The third-order valence-electron chi connectivity index (χ3n) is 5.84. The summed E-state index contributed by atoms with van der Waals surface area (Å²) in [5.74, 6) is -5.33. The summed E-state index contributed by atoms with van der Waals surface area (Å²) in [7, 11) is 0. The van der Waals surface area contributed by atoms with Crippen molar-refractivity contribution in [2.75, 3.05) is 11.9 Å². The van der Waals surface area contributed by atoms with Gasteiger partial charge in [0.2, 0.25) is 0 Å². The number of ether oxygens (including phenoxy) is 2. The van der Waals surface area contributed by atoms with Gasteiger partial charge in [0, 0.05) is 21.8 Å². The first-order valence-electron chi connectivity index (χ1n) is 10.9. The van der Waals surface area contributed by atoms with Gasteiger partial charge in [-0.1, -0.05) is 23.7 Å². The highest BCUT2D eigenvalue weighted by molar-refractivity contribution is 6.30. The molecule has 6 nitrogen and oxygen atoms in total. The second kappa shape index (κ2) is 9.35. The fourth-order valence-corrected chi connectivity index (χ4v) is 4.15. The summed E-state index contributed by atoms with van der Waals surface area (Å²) in [4.78, 5) is 13.0. The molecule has 0 saturated heterocycles. The molecule has 0 aliphatic carbocycles. The molecular formula is C25H16ClF6N3O3. The van der Waals surface area contributed by atoms with Crippen molar-refractivity contribution in [3.8, 4) is 11.5 Å². The molecule has 0 unspecified atom stereocenters. The molecule has 0 radical (unpaired) electrons. The van der Waals surface area contributed by atoms with Gasteiger partial charge in [0.1, 0.15) is 11.5 Å². The van der Waals surface area contributed by atoms with Crippen molar-refractivity contribution < 1.29 is 40.6 Å². The van der Waals surface area contributed by atoms with Crippen LogP contribution in [-0.2, 0) is 5.92 Å². The minimum atomic E-state index is -4.71. The van der Waals surface area contributed by atoms with Gasteiger partial charge in [-0.15, -0.1) is 0 Å². The van der Waals surface area contributed by atoms with E-state index in [9.17, 15) is 31.1 Å². The van der Waals surface area contributed by atoms with E-state index in [0.29, 0.717) is 27.4 Å². The van der Waals surface area contributed by atoms with Crippen LogP contribution in [0.1, 0.15) is 16.7 Å². The van der Waals surface area contributed by atoms with E-state index in [1.165, 1.54) is 24.3 Å². The molecule has 2 amide bonds. The van der Waals surface area contributed by atoms with E-state index in [0.717, 1.165) is 23.2 Å². The van der Waals surface area contributed by atoms with Crippen LogP contribution in [0, 0.1) is 0 Å². The first-order chi connectivity index (χ1) is 17.9. The molecule has 3 aromatic rings. The monoisotopic (exact) mass is 555 g/mol. The van der Waals surface area contributed by atoms with Crippen molar-refractivity contribution in [3.05, 3.63) is 88.4 Å². The third-order valence-corrected chi connectivity index (χ3v) is 6.10. The molecule has 3 aromatic carbocycles. The highest BCUT2D eigenvalue weighted by Gasteiger charge is 2.66. The Labute approximate surface area is 216 Å². The molecule has 38 heavy (non-hydrogen) atoms. The number of carbonyl (C=O) groups is 1. The zero-order valence-corrected chi connectivity index (χ0v) is 19.7. The average Bonchev–Trinajstić information content (AvgIpc) is 3.37. The Morgan fingerprint density at radius 1 is 1.00 bits per heavy atom. The summed E-state index contributed by atoms with van der Waals surface area (Å²) in [5, 5.41) is 4.02. The van der Waals surface area contributed by atoms with E-state index in [-0.39, 0.29) is 18.0 Å². The molecule has 5 rings (SSSR count). The Morgan fingerprint density at radius 2 is 1.66 bits per heavy atom. The highest BCUT2D eigenvalue weighted by Crippen LogP contribution is 2.53. The van der Waals surface area contributed by atoms with Crippen LogP contribution in [0.4, 0.5) is 36.8 Å². The summed E-state index contributed by atoms with van der Waals surface area (Å²) >= 11 is 5.99. The van der Waals surface area contributed by atoms with Crippen molar-refractivity contribution in [1.82, 2.24) is 10.4 Å². The molecule has 0 atom stereocenters. The van der Waals surface area contributed by atoms with Crippen LogP contribution < -0.4 is 20.2 Å². The normalized spacial score (nSPS) is 17.2. The lowest BCUT2D eigenvalue weighted by atomic mass is 10.0. The number of nitrogens with zero attached hydrogens (tertiary/aromatic N) is 1. The third kappa shape index (κ3) is 4.67. The van der Waals surface area contributed by atoms with E-state index < -0.39 is 36.0 Å². The van der Waals surface area contributed by atoms with Crippen LogP contribution in [0.15, 0.2) is 66.7 Å². The second-order valence-electron chi connectivity index (χ2n) is 8.30. The first kappa shape index (κ1) is 25.6. The maximum absolute atomic E-state index is 14.1. The Balaban J connectivity index is 1.40. The van der Waals surface area contributed by atoms with Crippen molar-refractivity contribution in [2.24, 2.45) is 0 Å². The Kier molecular flexibility index (Phi) is 6.30. The molecule has 2 N–H and O–H groups in total. The topological polar surface area (TPSA) is 62.8 Å². The quantitative estimate of drug-likeness (QED) is 0.335. The number of rotatable bonds is 5. The number of nitrogens with one attached hydrogen (secondary N) is 2. The maximum atomic E-state index is 14.1. The number of fused-ring (bicyclic) bond motifs is 1. The zero-order valence-electron chi connectivity index (χ0n) is 19.0. The van der Waals surface area contributed by atoms with Crippen LogP contribution in [0.25, 0.3) is 11.3 Å². The Bertz CT molecular complexity index is 1410. The first-order valence-corrected chi connectivity index (χ1v) is 11.3. The van der Waals surface area contributed by atoms with Gasteiger partial charge < -0.3 is 14.8 Å². The number of hydrogen-bond donors (Lipinski definition) is 2. The summed E-state index contributed by atoms with van der Waals surface area (Å²) in [6.07, 6.45) is -4.71. The number of alkyl halides is 6. The van der Waals surface area contributed by atoms with Gasteiger partial charge in [-0.2, -0.15) is 26.3 Å². The summed E-state index contributed by atoms with van der Waals surface area (Å²) < 4.78 is 88.7. The van der Waals surface area contributed by atoms with E-state index >= 15 is 0 Å². The number of hydrazine groups is 1. The number of hydrogen-bond acceptors (Lipinski definition) is 4. The molecule has 0 spiro atoms. The minimum Gasteiger partial charge on any atom is -0.435 e. The number of carbonyl (C=O) groups excluding carboxylic acids is 1.